The molecule has 5 nitrogen and oxygen atoms in total. The molecule has 2 aliphatic rings. The van der Waals surface area contributed by atoms with E-state index in [2.05, 4.69) is 22.3 Å². The Morgan fingerprint density at radius 2 is 1.81 bits per heavy atom. The van der Waals surface area contributed by atoms with Crippen LogP contribution in [0.15, 0.2) is 24.3 Å². The summed E-state index contributed by atoms with van der Waals surface area (Å²) in [5.41, 5.74) is 2.41. The van der Waals surface area contributed by atoms with E-state index >= 15 is 0 Å². The highest BCUT2D eigenvalue weighted by Gasteiger charge is 2.26. The maximum atomic E-state index is 11.8. The van der Waals surface area contributed by atoms with Gasteiger partial charge in [0.25, 0.3) is 0 Å². The smallest absolute Gasteiger partial charge is 0.248 e. The first kappa shape index (κ1) is 14.4. The topological polar surface area (TPSA) is 44.8 Å². The summed E-state index contributed by atoms with van der Waals surface area (Å²) in [5, 5.41) is 3.45. The van der Waals surface area contributed by atoms with Crippen LogP contribution in [0.5, 0.6) is 0 Å². The number of hydrogen-bond donors (Lipinski definition) is 1. The van der Waals surface area contributed by atoms with Crippen LogP contribution in [0.3, 0.4) is 0 Å². The second kappa shape index (κ2) is 6.51. The summed E-state index contributed by atoms with van der Waals surface area (Å²) >= 11 is 5.19. The lowest BCUT2D eigenvalue weighted by atomic mass is 10.1. The Balaban J connectivity index is 1.72. The van der Waals surface area contributed by atoms with Crippen molar-refractivity contribution in [2.24, 2.45) is 0 Å². The third-order valence-electron chi connectivity index (χ3n) is 3.88. The molecule has 0 aliphatic carbocycles. The van der Waals surface area contributed by atoms with E-state index in [-0.39, 0.29) is 5.91 Å². The molecule has 1 N–H and O–H groups in total. The number of morpholine rings is 1. The molecule has 2 heterocycles. The van der Waals surface area contributed by atoms with E-state index in [0.29, 0.717) is 18.2 Å². The maximum absolute atomic E-state index is 11.8. The largest absolute Gasteiger partial charge is 0.379 e. The summed E-state index contributed by atoms with van der Waals surface area (Å²) in [4.78, 5) is 15.9. The van der Waals surface area contributed by atoms with Crippen molar-refractivity contribution in [3.63, 3.8) is 0 Å². The maximum Gasteiger partial charge on any atom is 0.248 e. The van der Waals surface area contributed by atoms with Gasteiger partial charge < -0.3 is 10.1 Å². The summed E-state index contributed by atoms with van der Waals surface area (Å²) in [6.45, 7) is 5.24. The molecule has 21 heavy (non-hydrogen) atoms. The molecule has 1 aromatic carbocycles. The average molecular weight is 305 g/mol. The number of ether oxygens (including phenoxy) is 1. The van der Waals surface area contributed by atoms with Crippen LogP contribution in [-0.2, 0) is 22.6 Å². The Morgan fingerprint density at radius 1 is 1.14 bits per heavy atom. The molecule has 0 bridgehead atoms. The molecule has 0 spiro atoms. The minimum Gasteiger partial charge on any atom is -0.379 e. The van der Waals surface area contributed by atoms with E-state index < -0.39 is 0 Å². The van der Waals surface area contributed by atoms with Crippen molar-refractivity contribution in [2.75, 3.05) is 32.8 Å². The summed E-state index contributed by atoms with van der Waals surface area (Å²) in [6.07, 6.45) is 0. The molecule has 1 aromatic rings. The normalized spacial score (nSPS) is 19.9. The lowest BCUT2D eigenvalue weighted by Gasteiger charge is -2.28. The predicted octanol–water partition coefficient (Wildman–Crippen LogP) is 0.736. The van der Waals surface area contributed by atoms with Gasteiger partial charge in [0, 0.05) is 19.6 Å². The molecule has 0 atom stereocenters. The lowest BCUT2D eigenvalue weighted by Crippen LogP contribution is -2.36. The number of rotatable bonds is 4. The molecule has 1 amide bonds. The SMILES string of the molecule is O=C1CNC(=S)N1Cc1ccccc1CN1CCOCC1. The zero-order chi connectivity index (χ0) is 14.7. The Labute approximate surface area is 129 Å². The second-order valence-electron chi connectivity index (χ2n) is 5.30. The van der Waals surface area contributed by atoms with Crippen LogP contribution in [0.25, 0.3) is 0 Å². The van der Waals surface area contributed by atoms with Crippen LogP contribution < -0.4 is 5.32 Å². The number of carbonyl (C=O) groups is 1. The van der Waals surface area contributed by atoms with Gasteiger partial charge in [0.05, 0.1) is 26.3 Å². The summed E-state index contributed by atoms with van der Waals surface area (Å²) in [5.74, 6) is 0.0428. The highest BCUT2D eigenvalue weighted by Crippen LogP contribution is 2.16. The van der Waals surface area contributed by atoms with Crippen molar-refractivity contribution < 1.29 is 9.53 Å². The van der Waals surface area contributed by atoms with Gasteiger partial charge in [-0.05, 0) is 23.3 Å². The monoisotopic (exact) mass is 305 g/mol. The summed E-state index contributed by atoms with van der Waals surface area (Å²) in [7, 11) is 0. The number of carbonyl (C=O) groups excluding carboxylic acids is 1. The first-order valence-electron chi connectivity index (χ1n) is 7.19. The molecular weight excluding hydrogens is 286 g/mol. The molecule has 0 unspecified atom stereocenters. The fourth-order valence-electron chi connectivity index (χ4n) is 2.65. The molecule has 2 fully saturated rings. The minimum absolute atomic E-state index is 0.0428. The highest BCUT2D eigenvalue weighted by molar-refractivity contribution is 7.80. The van der Waals surface area contributed by atoms with Crippen molar-refractivity contribution in [1.82, 2.24) is 15.1 Å². The van der Waals surface area contributed by atoms with E-state index in [9.17, 15) is 4.79 Å². The molecule has 0 aromatic heterocycles. The molecule has 0 radical (unpaired) electrons. The van der Waals surface area contributed by atoms with Crippen LogP contribution in [0.4, 0.5) is 0 Å². The number of amides is 1. The second-order valence-corrected chi connectivity index (χ2v) is 5.68. The van der Waals surface area contributed by atoms with Crippen molar-refractivity contribution in [3.8, 4) is 0 Å². The van der Waals surface area contributed by atoms with Crippen LogP contribution in [-0.4, -0.2) is 53.7 Å². The first-order chi connectivity index (χ1) is 10.2. The molecular formula is C15H19N3O2S. The van der Waals surface area contributed by atoms with Gasteiger partial charge in [-0.15, -0.1) is 0 Å². The van der Waals surface area contributed by atoms with Crippen molar-refractivity contribution in [3.05, 3.63) is 35.4 Å². The van der Waals surface area contributed by atoms with E-state index in [1.54, 1.807) is 4.90 Å². The Hall–Kier alpha value is -1.50. The fraction of sp³-hybridized carbons (Fsp3) is 0.467. The van der Waals surface area contributed by atoms with Crippen LogP contribution >= 0.6 is 12.2 Å². The van der Waals surface area contributed by atoms with Gasteiger partial charge in [0.15, 0.2) is 5.11 Å². The van der Waals surface area contributed by atoms with Gasteiger partial charge in [-0.1, -0.05) is 24.3 Å². The van der Waals surface area contributed by atoms with Gasteiger partial charge in [0.1, 0.15) is 0 Å². The fourth-order valence-corrected chi connectivity index (χ4v) is 2.89. The molecule has 0 saturated carbocycles. The highest BCUT2D eigenvalue weighted by atomic mass is 32.1. The van der Waals surface area contributed by atoms with Gasteiger partial charge in [-0.3, -0.25) is 14.6 Å². The predicted molar refractivity (Wildman–Crippen MR) is 83.7 cm³/mol. The van der Waals surface area contributed by atoms with Gasteiger partial charge in [-0.25, -0.2) is 0 Å². The Morgan fingerprint density at radius 3 is 2.43 bits per heavy atom. The van der Waals surface area contributed by atoms with Crippen LogP contribution in [0, 0.1) is 0 Å². The quantitative estimate of drug-likeness (QED) is 0.831. The number of benzene rings is 1. The number of nitrogens with zero attached hydrogens (tertiary/aromatic N) is 2. The zero-order valence-corrected chi connectivity index (χ0v) is 12.7. The third kappa shape index (κ3) is 3.40. The van der Waals surface area contributed by atoms with Crippen LogP contribution in [0.2, 0.25) is 0 Å². The summed E-state index contributed by atoms with van der Waals surface area (Å²) < 4.78 is 5.38. The van der Waals surface area contributed by atoms with Crippen LogP contribution in [0.1, 0.15) is 11.1 Å². The Kier molecular flexibility index (Phi) is 4.48. The standard InChI is InChI=1S/C15H19N3O2S/c19-14-9-16-15(21)18(14)11-13-4-2-1-3-12(13)10-17-5-7-20-8-6-17/h1-4H,5-11H2,(H,16,21). The van der Waals surface area contributed by atoms with Crippen molar-refractivity contribution in [1.29, 1.82) is 0 Å². The molecule has 112 valence electrons. The van der Waals surface area contributed by atoms with E-state index in [0.717, 1.165) is 38.4 Å². The number of thiocarbonyl (C=S) groups is 1. The lowest BCUT2D eigenvalue weighted by molar-refractivity contribution is -0.124. The number of hydrogen-bond acceptors (Lipinski definition) is 4. The van der Waals surface area contributed by atoms with E-state index in [4.69, 9.17) is 17.0 Å². The number of nitrogens with one attached hydrogen (secondary N) is 1. The van der Waals surface area contributed by atoms with Crippen molar-refractivity contribution >= 4 is 23.2 Å². The minimum atomic E-state index is 0.0428. The summed E-state index contributed by atoms with van der Waals surface area (Å²) in [6, 6.07) is 8.25. The van der Waals surface area contributed by atoms with Gasteiger partial charge in [0.2, 0.25) is 5.91 Å². The van der Waals surface area contributed by atoms with E-state index in [1.165, 1.54) is 5.56 Å². The van der Waals surface area contributed by atoms with Crippen molar-refractivity contribution in [2.45, 2.75) is 13.1 Å². The third-order valence-corrected chi connectivity index (χ3v) is 4.25. The molecule has 6 heteroatoms. The zero-order valence-electron chi connectivity index (χ0n) is 11.9. The van der Waals surface area contributed by atoms with Gasteiger partial charge in [-0.2, -0.15) is 0 Å². The van der Waals surface area contributed by atoms with E-state index in [1.807, 2.05) is 12.1 Å². The first-order valence-corrected chi connectivity index (χ1v) is 7.60. The Bertz CT molecular complexity index is 527. The molecule has 2 aliphatic heterocycles. The average Bonchev–Trinajstić information content (AvgIpc) is 2.82. The van der Waals surface area contributed by atoms with Gasteiger partial charge >= 0.3 is 0 Å². The molecule has 3 rings (SSSR count). The molecule has 2 saturated heterocycles.